The van der Waals surface area contributed by atoms with E-state index in [1.165, 1.54) is 0 Å². The van der Waals surface area contributed by atoms with Crippen molar-refractivity contribution in [1.29, 1.82) is 0 Å². The van der Waals surface area contributed by atoms with E-state index in [9.17, 15) is 4.79 Å². The minimum absolute atomic E-state index is 0. The first-order valence-electron chi connectivity index (χ1n) is 9.13. The minimum atomic E-state index is 0. The van der Waals surface area contributed by atoms with Crippen LogP contribution in [-0.2, 0) is 20.1 Å². The lowest BCUT2D eigenvalue weighted by atomic mass is 9.93. The molecular formula is C18H27ClN6O. The predicted molar refractivity (Wildman–Crippen MR) is 101 cm³/mol. The molecule has 1 spiro atoms. The number of hydrogen-bond donors (Lipinski definition) is 1. The quantitative estimate of drug-likeness (QED) is 0.862. The van der Waals surface area contributed by atoms with Gasteiger partial charge in [-0.1, -0.05) is 0 Å². The van der Waals surface area contributed by atoms with Crippen molar-refractivity contribution in [2.45, 2.75) is 45.3 Å². The largest absolute Gasteiger partial charge is 0.337 e. The molecule has 2 aromatic rings. The summed E-state index contributed by atoms with van der Waals surface area (Å²) >= 11 is 0. The third-order valence-corrected chi connectivity index (χ3v) is 5.82. The van der Waals surface area contributed by atoms with Gasteiger partial charge in [0.2, 0.25) is 0 Å². The number of aryl methyl sites for hydroxylation is 2. The van der Waals surface area contributed by atoms with E-state index in [2.05, 4.69) is 15.4 Å². The molecule has 4 rings (SSSR count). The van der Waals surface area contributed by atoms with Gasteiger partial charge in [0.05, 0.1) is 18.3 Å². The maximum atomic E-state index is 13.2. The second-order valence-corrected chi connectivity index (χ2v) is 7.30. The molecular weight excluding hydrogens is 352 g/mol. The molecule has 1 unspecified atom stereocenters. The molecule has 1 aliphatic carbocycles. The van der Waals surface area contributed by atoms with Crippen LogP contribution in [0.5, 0.6) is 0 Å². The number of imidazole rings is 1. The molecule has 3 heterocycles. The van der Waals surface area contributed by atoms with E-state index in [1.807, 2.05) is 35.8 Å². The van der Waals surface area contributed by atoms with Crippen LogP contribution in [-0.4, -0.2) is 49.3 Å². The maximum absolute atomic E-state index is 13.2. The van der Waals surface area contributed by atoms with Gasteiger partial charge in [-0.2, -0.15) is 5.10 Å². The molecule has 2 aliphatic rings. The summed E-state index contributed by atoms with van der Waals surface area (Å²) in [4.78, 5) is 19.7. The number of aromatic nitrogens is 4. The number of piperidine rings is 1. The van der Waals surface area contributed by atoms with Gasteiger partial charge < -0.3 is 14.8 Å². The van der Waals surface area contributed by atoms with E-state index in [4.69, 9.17) is 0 Å². The first-order chi connectivity index (χ1) is 12.1. The Bertz CT molecular complexity index is 763. The molecule has 2 fully saturated rings. The standard InChI is InChI=1S/C18H26N6O.ClH/c1-3-23-12-14(11-21-23)17(25)24(13-16-20-8-9-22(16)2)15-10-18(15)4-6-19-7-5-18;/h8-9,11-12,15,19H,3-7,10,13H2,1-2H3;1H. The molecule has 1 amide bonds. The third-order valence-electron chi connectivity index (χ3n) is 5.82. The van der Waals surface area contributed by atoms with Crippen LogP contribution >= 0.6 is 12.4 Å². The molecule has 1 saturated heterocycles. The van der Waals surface area contributed by atoms with Gasteiger partial charge in [0.1, 0.15) is 5.82 Å². The Morgan fingerprint density at radius 2 is 2.19 bits per heavy atom. The highest BCUT2D eigenvalue weighted by atomic mass is 35.5. The lowest BCUT2D eigenvalue weighted by Crippen LogP contribution is -2.39. The summed E-state index contributed by atoms with van der Waals surface area (Å²) in [6.07, 6.45) is 10.7. The zero-order valence-corrected chi connectivity index (χ0v) is 16.2. The lowest BCUT2D eigenvalue weighted by molar-refractivity contribution is 0.0685. The average molecular weight is 379 g/mol. The highest BCUT2D eigenvalue weighted by Gasteiger charge is 2.58. The smallest absolute Gasteiger partial charge is 0.257 e. The minimum Gasteiger partial charge on any atom is -0.337 e. The molecule has 142 valence electrons. The fourth-order valence-electron chi connectivity index (χ4n) is 4.07. The number of nitrogens with one attached hydrogen (secondary N) is 1. The van der Waals surface area contributed by atoms with Crippen molar-refractivity contribution in [2.75, 3.05) is 13.1 Å². The van der Waals surface area contributed by atoms with Gasteiger partial charge in [0.25, 0.3) is 5.91 Å². The van der Waals surface area contributed by atoms with Gasteiger partial charge in [-0.15, -0.1) is 12.4 Å². The molecule has 2 aromatic heterocycles. The van der Waals surface area contributed by atoms with E-state index in [0.717, 1.165) is 44.7 Å². The number of carbonyl (C=O) groups excluding carboxylic acids is 1. The van der Waals surface area contributed by atoms with Crippen LogP contribution in [0.2, 0.25) is 0 Å². The zero-order valence-electron chi connectivity index (χ0n) is 15.4. The summed E-state index contributed by atoms with van der Waals surface area (Å²) in [5, 5.41) is 7.71. The Kier molecular flexibility index (Phi) is 5.39. The Balaban J connectivity index is 0.00000196. The molecule has 0 aromatic carbocycles. The number of nitrogens with zero attached hydrogens (tertiary/aromatic N) is 5. The van der Waals surface area contributed by atoms with Gasteiger partial charge >= 0.3 is 0 Å². The normalized spacial score (nSPS) is 20.6. The molecule has 1 saturated carbocycles. The number of carbonyl (C=O) groups is 1. The Labute approximate surface area is 160 Å². The first-order valence-corrected chi connectivity index (χ1v) is 9.13. The molecule has 7 nitrogen and oxygen atoms in total. The maximum Gasteiger partial charge on any atom is 0.257 e. The molecule has 1 atom stereocenters. The number of halogens is 1. The van der Waals surface area contributed by atoms with Crippen molar-refractivity contribution in [3.05, 3.63) is 36.2 Å². The highest BCUT2D eigenvalue weighted by molar-refractivity contribution is 5.94. The summed E-state index contributed by atoms with van der Waals surface area (Å²) in [6.45, 7) is 5.45. The van der Waals surface area contributed by atoms with Crippen LogP contribution in [0.1, 0.15) is 42.4 Å². The number of amides is 1. The van der Waals surface area contributed by atoms with Crippen molar-refractivity contribution < 1.29 is 4.79 Å². The highest BCUT2D eigenvalue weighted by Crippen LogP contribution is 2.56. The van der Waals surface area contributed by atoms with Gasteiger partial charge in [0.15, 0.2) is 0 Å². The summed E-state index contributed by atoms with van der Waals surface area (Å²) in [7, 11) is 1.98. The van der Waals surface area contributed by atoms with Crippen LogP contribution in [0.15, 0.2) is 24.8 Å². The first kappa shape index (κ1) is 18.9. The summed E-state index contributed by atoms with van der Waals surface area (Å²) in [5.41, 5.74) is 0.972. The second kappa shape index (κ2) is 7.40. The van der Waals surface area contributed by atoms with E-state index >= 15 is 0 Å². The monoisotopic (exact) mass is 378 g/mol. The fraction of sp³-hybridized carbons (Fsp3) is 0.611. The van der Waals surface area contributed by atoms with Gasteiger partial charge in [-0.3, -0.25) is 9.48 Å². The van der Waals surface area contributed by atoms with Gasteiger partial charge in [-0.05, 0) is 44.7 Å². The van der Waals surface area contributed by atoms with E-state index < -0.39 is 0 Å². The Morgan fingerprint density at radius 3 is 2.81 bits per heavy atom. The molecule has 0 bridgehead atoms. The molecule has 26 heavy (non-hydrogen) atoms. The predicted octanol–water partition coefficient (Wildman–Crippen LogP) is 1.84. The lowest BCUT2D eigenvalue weighted by Gasteiger charge is -2.29. The van der Waals surface area contributed by atoms with E-state index in [0.29, 0.717) is 23.6 Å². The van der Waals surface area contributed by atoms with Crippen LogP contribution < -0.4 is 5.32 Å². The molecule has 1 N–H and O–H groups in total. The summed E-state index contributed by atoms with van der Waals surface area (Å²) in [6, 6.07) is 0.309. The summed E-state index contributed by atoms with van der Waals surface area (Å²) in [5.74, 6) is 0.996. The van der Waals surface area contributed by atoms with E-state index in [1.54, 1.807) is 17.1 Å². The fourth-order valence-corrected chi connectivity index (χ4v) is 4.07. The van der Waals surface area contributed by atoms with Crippen molar-refractivity contribution in [3.8, 4) is 0 Å². The van der Waals surface area contributed by atoms with E-state index in [-0.39, 0.29) is 18.3 Å². The zero-order chi connectivity index (χ0) is 17.4. The molecule has 0 radical (unpaired) electrons. The van der Waals surface area contributed by atoms with Gasteiger partial charge in [0, 0.05) is 38.2 Å². The Morgan fingerprint density at radius 1 is 1.42 bits per heavy atom. The van der Waals surface area contributed by atoms with Crippen molar-refractivity contribution >= 4 is 18.3 Å². The van der Waals surface area contributed by atoms with Crippen LogP contribution in [0.4, 0.5) is 0 Å². The van der Waals surface area contributed by atoms with Crippen molar-refractivity contribution in [1.82, 2.24) is 29.5 Å². The SMILES string of the molecule is CCn1cc(C(=O)N(Cc2nccn2C)C2CC23CCNCC3)cn1.Cl. The second-order valence-electron chi connectivity index (χ2n) is 7.30. The number of rotatable bonds is 5. The van der Waals surface area contributed by atoms with Gasteiger partial charge in [-0.25, -0.2) is 4.98 Å². The molecule has 8 heteroatoms. The third kappa shape index (κ3) is 3.38. The number of hydrogen-bond acceptors (Lipinski definition) is 4. The van der Waals surface area contributed by atoms with Crippen LogP contribution in [0.25, 0.3) is 0 Å². The topological polar surface area (TPSA) is 68.0 Å². The molecule has 1 aliphatic heterocycles. The summed E-state index contributed by atoms with van der Waals surface area (Å²) < 4.78 is 3.80. The Hall–Kier alpha value is -1.86. The van der Waals surface area contributed by atoms with Crippen molar-refractivity contribution in [2.24, 2.45) is 12.5 Å². The van der Waals surface area contributed by atoms with Crippen molar-refractivity contribution in [3.63, 3.8) is 0 Å². The van der Waals surface area contributed by atoms with Crippen LogP contribution in [0, 0.1) is 5.41 Å². The average Bonchev–Trinajstić information content (AvgIpc) is 3.00. The van der Waals surface area contributed by atoms with Crippen LogP contribution in [0.3, 0.4) is 0 Å².